The van der Waals surface area contributed by atoms with E-state index >= 15 is 0 Å². The number of Topliss-reactive ketones (excluding diaryl/α,β-unsaturated/α-hetero) is 1. The first-order valence-corrected chi connectivity index (χ1v) is 12.7. The molecule has 0 bridgehead atoms. The maximum Gasteiger partial charge on any atom is 0.294 e. The molecule has 0 aliphatic carbocycles. The van der Waals surface area contributed by atoms with E-state index in [0.29, 0.717) is 40.3 Å². The molecule has 1 aromatic heterocycles. The molecule has 0 spiro atoms. The van der Waals surface area contributed by atoms with Crippen LogP contribution in [0, 0.1) is 0 Å². The van der Waals surface area contributed by atoms with Crippen molar-refractivity contribution in [2.45, 2.75) is 12.6 Å². The van der Waals surface area contributed by atoms with Gasteiger partial charge in [-0.3, -0.25) is 14.5 Å². The van der Waals surface area contributed by atoms with Crippen molar-refractivity contribution in [1.82, 2.24) is 0 Å². The summed E-state index contributed by atoms with van der Waals surface area (Å²) in [7, 11) is 1.52. The highest BCUT2D eigenvalue weighted by atomic mass is 16.5. The Kier molecular flexibility index (Phi) is 6.54. The highest BCUT2D eigenvalue weighted by Gasteiger charge is 2.45. The molecule has 0 fully saturated rings. The van der Waals surface area contributed by atoms with Gasteiger partial charge in [0.1, 0.15) is 12.4 Å². The van der Waals surface area contributed by atoms with Crippen LogP contribution in [-0.2, 0) is 11.4 Å². The fraction of sp³-hybridized carbons (Fsp3) is 0.0909. The highest BCUT2D eigenvalue weighted by Crippen LogP contribution is 2.43. The molecule has 7 nitrogen and oxygen atoms in total. The van der Waals surface area contributed by atoms with E-state index in [1.54, 1.807) is 66.7 Å². The number of rotatable bonds is 8. The minimum atomic E-state index is -0.919. The number of methoxy groups -OCH3 is 1. The lowest BCUT2D eigenvalue weighted by Gasteiger charge is -2.27. The molecule has 0 saturated heterocycles. The summed E-state index contributed by atoms with van der Waals surface area (Å²) in [5.74, 6) is -0.865. The molecular weight excluding hydrogens is 506 g/mol. The van der Waals surface area contributed by atoms with Crippen molar-refractivity contribution in [3.05, 3.63) is 137 Å². The molecule has 6 rings (SSSR count). The topological polar surface area (TPSA) is 89.2 Å². The first-order chi connectivity index (χ1) is 19.5. The lowest BCUT2D eigenvalue weighted by Crippen LogP contribution is -2.31. The monoisotopic (exact) mass is 531 g/mol. The molecule has 0 saturated carbocycles. The van der Waals surface area contributed by atoms with E-state index in [1.165, 1.54) is 12.0 Å². The number of furan rings is 1. The van der Waals surface area contributed by atoms with E-state index in [2.05, 4.69) is 0 Å². The standard InChI is InChI=1S/C33H25NO6/c1-38-26-17-9-13-23-19-27(40-32(23)26)30(35)28-29(34(33(37)31(28)36)24-14-6-3-7-15-24)22-12-8-16-25(18-22)39-20-21-10-4-2-5-11-21/h2-19,29,36H,20H2,1H3. The first kappa shape index (κ1) is 25.0. The third-order valence-electron chi connectivity index (χ3n) is 6.86. The van der Waals surface area contributed by atoms with E-state index < -0.39 is 23.5 Å². The lowest BCUT2D eigenvalue weighted by atomic mass is 9.94. The van der Waals surface area contributed by atoms with Crippen molar-refractivity contribution in [1.29, 1.82) is 0 Å². The predicted molar refractivity (Wildman–Crippen MR) is 151 cm³/mol. The Bertz CT molecular complexity index is 1740. The summed E-state index contributed by atoms with van der Waals surface area (Å²) in [6, 6.07) is 31.9. The molecule has 7 heteroatoms. The zero-order chi connectivity index (χ0) is 27.6. The molecule has 4 aromatic carbocycles. The number of amides is 1. The Morgan fingerprint density at radius 1 is 0.900 bits per heavy atom. The Morgan fingerprint density at radius 2 is 1.62 bits per heavy atom. The van der Waals surface area contributed by atoms with Gasteiger partial charge in [0.05, 0.1) is 18.7 Å². The lowest BCUT2D eigenvalue weighted by molar-refractivity contribution is -0.117. The van der Waals surface area contributed by atoms with Crippen molar-refractivity contribution < 1.29 is 28.6 Å². The van der Waals surface area contributed by atoms with Crippen LogP contribution in [0.3, 0.4) is 0 Å². The molecule has 1 aliphatic rings. The van der Waals surface area contributed by atoms with Gasteiger partial charge in [-0.2, -0.15) is 0 Å². The summed E-state index contributed by atoms with van der Waals surface area (Å²) >= 11 is 0. The number of anilines is 1. The summed E-state index contributed by atoms with van der Waals surface area (Å²) in [6.07, 6.45) is 0. The summed E-state index contributed by atoms with van der Waals surface area (Å²) < 4.78 is 17.3. The average molecular weight is 532 g/mol. The van der Waals surface area contributed by atoms with Gasteiger partial charge in [-0.25, -0.2) is 0 Å². The van der Waals surface area contributed by atoms with Crippen LogP contribution < -0.4 is 14.4 Å². The molecule has 1 aliphatic heterocycles. The van der Waals surface area contributed by atoms with Gasteiger partial charge in [-0.15, -0.1) is 0 Å². The van der Waals surface area contributed by atoms with Gasteiger partial charge in [0.15, 0.2) is 22.9 Å². The van der Waals surface area contributed by atoms with Crippen molar-refractivity contribution in [3.8, 4) is 11.5 Å². The average Bonchev–Trinajstić information content (AvgIpc) is 3.56. The zero-order valence-corrected chi connectivity index (χ0v) is 21.6. The maximum absolute atomic E-state index is 14.0. The van der Waals surface area contributed by atoms with Crippen molar-refractivity contribution in [2.75, 3.05) is 12.0 Å². The number of carbonyl (C=O) groups is 2. The van der Waals surface area contributed by atoms with Crippen molar-refractivity contribution in [2.24, 2.45) is 0 Å². The largest absolute Gasteiger partial charge is 0.503 e. The third kappa shape index (κ3) is 4.47. The molecule has 1 unspecified atom stereocenters. The predicted octanol–water partition coefficient (Wildman–Crippen LogP) is 6.80. The number of benzene rings is 4. The van der Waals surface area contributed by atoms with Gasteiger partial charge in [-0.05, 0) is 47.5 Å². The summed E-state index contributed by atoms with van der Waals surface area (Å²) in [4.78, 5) is 28.9. The van der Waals surface area contributed by atoms with Gasteiger partial charge in [-0.1, -0.05) is 72.8 Å². The normalized spacial score (nSPS) is 15.1. The fourth-order valence-electron chi connectivity index (χ4n) is 4.96. The number of fused-ring (bicyclic) bond motifs is 1. The SMILES string of the molecule is COc1cccc2cc(C(=O)C3=C(O)C(=O)N(c4ccccc4)C3c3cccc(OCc4ccccc4)c3)oc12. The smallest absolute Gasteiger partial charge is 0.294 e. The quantitative estimate of drug-likeness (QED) is 0.222. The molecular formula is C33H25NO6. The third-order valence-corrected chi connectivity index (χ3v) is 6.86. The minimum absolute atomic E-state index is 0.00903. The number of aliphatic hydroxyl groups excluding tert-OH is 1. The van der Waals surface area contributed by atoms with E-state index in [9.17, 15) is 14.7 Å². The van der Waals surface area contributed by atoms with Crippen molar-refractivity contribution >= 4 is 28.3 Å². The second kappa shape index (κ2) is 10.5. The zero-order valence-electron chi connectivity index (χ0n) is 21.6. The van der Waals surface area contributed by atoms with E-state index in [0.717, 1.165) is 5.56 Å². The molecule has 1 N–H and O–H groups in total. The molecule has 1 atom stereocenters. The number of nitrogens with zero attached hydrogens (tertiary/aromatic N) is 1. The highest BCUT2D eigenvalue weighted by molar-refractivity contribution is 6.20. The van der Waals surface area contributed by atoms with Crippen LogP contribution in [0.15, 0.2) is 125 Å². The number of para-hydroxylation sites is 2. The van der Waals surface area contributed by atoms with Crippen LogP contribution in [0.25, 0.3) is 11.0 Å². The second-order valence-corrected chi connectivity index (χ2v) is 9.34. The molecule has 198 valence electrons. The molecule has 2 heterocycles. The van der Waals surface area contributed by atoms with E-state index in [1.807, 2.05) is 42.5 Å². The number of carbonyl (C=O) groups excluding carboxylic acids is 2. The van der Waals surface area contributed by atoms with E-state index in [4.69, 9.17) is 13.9 Å². The Labute approximate surface area is 230 Å². The molecule has 1 amide bonds. The molecule has 40 heavy (non-hydrogen) atoms. The van der Waals surface area contributed by atoms with Gasteiger partial charge in [0, 0.05) is 11.1 Å². The van der Waals surface area contributed by atoms with Crippen LogP contribution in [0.5, 0.6) is 11.5 Å². The Morgan fingerprint density at radius 3 is 2.38 bits per heavy atom. The number of hydrogen-bond acceptors (Lipinski definition) is 6. The number of ether oxygens (including phenoxy) is 2. The number of hydrogen-bond donors (Lipinski definition) is 1. The first-order valence-electron chi connectivity index (χ1n) is 12.7. The van der Waals surface area contributed by atoms with Gasteiger partial charge < -0.3 is 19.0 Å². The summed E-state index contributed by atoms with van der Waals surface area (Å²) in [5.41, 5.74) is 2.47. The van der Waals surface area contributed by atoms with E-state index in [-0.39, 0.29) is 11.3 Å². The maximum atomic E-state index is 14.0. The van der Waals surface area contributed by atoms with Gasteiger partial charge in [0.25, 0.3) is 5.91 Å². The van der Waals surface area contributed by atoms with Crippen LogP contribution in [0.2, 0.25) is 0 Å². The van der Waals surface area contributed by atoms with Crippen LogP contribution >= 0.6 is 0 Å². The second-order valence-electron chi connectivity index (χ2n) is 9.34. The van der Waals surface area contributed by atoms with Crippen LogP contribution in [0.4, 0.5) is 5.69 Å². The van der Waals surface area contributed by atoms with Gasteiger partial charge >= 0.3 is 0 Å². The fourth-order valence-corrected chi connectivity index (χ4v) is 4.96. The minimum Gasteiger partial charge on any atom is -0.503 e. The Balaban J connectivity index is 1.42. The number of aliphatic hydroxyl groups is 1. The van der Waals surface area contributed by atoms with Gasteiger partial charge in [0.2, 0.25) is 5.78 Å². The summed E-state index contributed by atoms with van der Waals surface area (Å²) in [5, 5.41) is 11.8. The number of ketones is 1. The van der Waals surface area contributed by atoms with Crippen LogP contribution in [0.1, 0.15) is 27.7 Å². The van der Waals surface area contributed by atoms with Crippen LogP contribution in [-0.4, -0.2) is 23.9 Å². The molecule has 5 aromatic rings. The summed E-state index contributed by atoms with van der Waals surface area (Å²) in [6.45, 7) is 0.351. The molecule has 0 radical (unpaired) electrons. The Hall–Kier alpha value is -5.30. The van der Waals surface area contributed by atoms with Crippen molar-refractivity contribution in [3.63, 3.8) is 0 Å².